The van der Waals surface area contributed by atoms with E-state index in [1.807, 2.05) is 0 Å². The summed E-state index contributed by atoms with van der Waals surface area (Å²) in [5.74, 6) is -4.16. The SMILES string of the molecule is CCCCCCCC/C=C\CCCCCCCC(=O)O.O=C(O)CC(C(=O)O)S(=O)(=O)O.[Na+].[Na+].[Na+].[Na+]. The van der Waals surface area contributed by atoms with Crippen LogP contribution in [0.25, 0.3) is 0 Å². The van der Waals surface area contributed by atoms with Crippen molar-refractivity contribution in [2.45, 2.75) is 108 Å². The first-order valence-electron chi connectivity index (χ1n) is 11.3. The van der Waals surface area contributed by atoms with Gasteiger partial charge in [0.05, 0.1) is 6.42 Å². The van der Waals surface area contributed by atoms with Gasteiger partial charge in [0.25, 0.3) is 10.1 Å². The van der Waals surface area contributed by atoms with Gasteiger partial charge in [-0.1, -0.05) is 70.4 Å². The summed E-state index contributed by atoms with van der Waals surface area (Å²) in [4.78, 5) is 30.3. The molecule has 9 nitrogen and oxygen atoms in total. The fraction of sp³-hybridized carbons (Fsp3) is 0.773. The smallest absolute Gasteiger partial charge is 0.481 e. The van der Waals surface area contributed by atoms with Crippen molar-refractivity contribution < 1.29 is 161 Å². The van der Waals surface area contributed by atoms with Crippen LogP contribution in [-0.2, 0) is 24.5 Å². The number of carbonyl (C=O) groups is 3. The largest absolute Gasteiger partial charge is 1.00 e. The van der Waals surface area contributed by atoms with Crippen molar-refractivity contribution in [2.24, 2.45) is 0 Å². The van der Waals surface area contributed by atoms with Gasteiger partial charge in [-0.05, 0) is 32.1 Å². The molecule has 36 heavy (non-hydrogen) atoms. The Labute approximate surface area is 305 Å². The summed E-state index contributed by atoms with van der Waals surface area (Å²) < 4.78 is 28.7. The van der Waals surface area contributed by atoms with Gasteiger partial charge in [-0.3, -0.25) is 18.9 Å². The maximum absolute atomic E-state index is 10.3. The molecule has 0 aromatic heterocycles. The number of carboxylic acids is 3. The minimum Gasteiger partial charge on any atom is -0.481 e. The van der Waals surface area contributed by atoms with Gasteiger partial charge in [-0.25, -0.2) is 0 Å². The number of hydrogen-bond acceptors (Lipinski definition) is 5. The Balaban J connectivity index is -0.000000123. The maximum Gasteiger partial charge on any atom is 1.00 e. The standard InChI is InChI=1S/C18H34O2.C4H6O7S.4Na/c1-2-3-4-5-6-7-8-9-10-11-12-13-14-15-16-17-18(19)20;5-3(6)1-2(4(7)8)12(9,10)11;;;;/h9-10H,2-8,11-17H2,1H3,(H,19,20);2H,1H2,(H,5,6)(H,7,8)(H,9,10,11);;;;/q;;4*+1/b10-9-;;;;;. The van der Waals surface area contributed by atoms with Crippen LogP contribution in [-0.4, -0.2) is 51.4 Å². The molecule has 0 fully saturated rings. The average molecular weight is 573 g/mol. The molecule has 0 rings (SSSR count). The third kappa shape index (κ3) is 40.6. The van der Waals surface area contributed by atoms with Crippen LogP contribution in [0.15, 0.2) is 12.2 Å². The third-order valence-corrected chi connectivity index (χ3v) is 5.73. The maximum atomic E-state index is 10.3. The number of carboxylic acid groups (broad SMARTS) is 3. The van der Waals surface area contributed by atoms with Gasteiger partial charge in [-0.15, -0.1) is 0 Å². The first-order valence-corrected chi connectivity index (χ1v) is 12.8. The van der Waals surface area contributed by atoms with Crippen molar-refractivity contribution in [3.8, 4) is 0 Å². The second-order valence-corrected chi connectivity index (χ2v) is 9.27. The number of unbranched alkanes of at least 4 members (excludes halogenated alkanes) is 11. The molecule has 4 N–H and O–H groups in total. The van der Waals surface area contributed by atoms with Crippen LogP contribution < -0.4 is 118 Å². The van der Waals surface area contributed by atoms with E-state index in [2.05, 4.69) is 19.1 Å². The summed E-state index contributed by atoms with van der Waals surface area (Å²) in [5.41, 5.74) is 0. The summed E-state index contributed by atoms with van der Waals surface area (Å²) in [6, 6.07) is 0. The number of allylic oxidation sites excluding steroid dienone is 2. The molecule has 0 radical (unpaired) electrons. The van der Waals surface area contributed by atoms with E-state index >= 15 is 0 Å². The summed E-state index contributed by atoms with van der Waals surface area (Å²) in [6.07, 6.45) is 20.1. The van der Waals surface area contributed by atoms with E-state index in [1.165, 1.54) is 70.6 Å². The van der Waals surface area contributed by atoms with Gasteiger partial charge >= 0.3 is 136 Å². The van der Waals surface area contributed by atoms with Gasteiger partial charge in [0.15, 0.2) is 5.25 Å². The van der Waals surface area contributed by atoms with Gasteiger partial charge in [0.1, 0.15) is 0 Å². The van der Waals surface area contributed by atoms with Crippen molar-refractivity contribution in [3.63, 3.8) is 0 Å². The first kappa shape index (κ1) is 50.9. The van der Waals surface area contributed by atoms with Crippen LogP contribution in [0.1, 0.15) is 103 Å². The second kappa shape index (κ2) is 35.1. The first-order chi connectivity index (χ1) is 15.0. The Morgan fingerprint density at radius 3 is 1.36 bits per heavy atom. The van der Waals surface area contributed by atoms with Crippen molar-refractivity contribution in [1.29, 1.82) is 0 Å². The molecule has 0 saturated carbocycles. The summed E-state index contributed by atoms with van der Waals surface area (Å²) >= 11 is 0. The Morgan fingerprint density at radius 2 is 1.06 bits per heavy atom. The Morgan fingerprint density at radius 1 is 0.667 bits per heavy atom. The molecular formula is C22H40Na4O9S+4. The van der Waals surface area contributed by atoms with E-state index < -0.39 is 39.7 Å². The van der Waals surface area contributed by atoms with E-state index in [-0.39, 0.29) is 118 Å². The molecule has 0 aromatic carbocycles. The molecule has 0 aliphatic carbocycles. The van der Waals surface area contributed by atoms with E-state index in [0.29, 0.717) is 6.42 Å². The number of hydrogen-bond donors (Lipinski definition) is 4. The molecule has 0 bridgehead atoms. The molecule has 0 saturated heterocycles. The van der Waals surface area contributed by atoms with E-state index in [0.717, 1.165) is 12.8 Å². The second-order valence-electron chi connectivity index (χ2n) is 7.67. The molecule has 1 atom stereocenters. The molecule has 0 heterocycles. The molecule has 188 valence electrons. The topological polar surface area (TPSA) is 166 Å². The van der Waals surface area contributed by atoms with Crippen LogP contribution in [0, 0.1) is 0 Å². The zero-order chi connectivity index (χ0) is 24.8. The van der Waals surface area contributed by atoms with E-state index in [9.17, 15) is 22.8 Å². The summed E-state index contributed by atoms with van der Waals surface area (Å²) in [5, 5.41) is 22.4. The minimum absolute atomic E-state index is 0. The zero-order valence-corrected chi connectivity index (χ0v) is 31.9. The monoisotopic (exact) mass is 572 g/mol. The van der Waals surface area contributed by atoms with Gasteiger partial charge in [-0.2, -0.15) is 8.42 Å². The summed E-state index contributed by atoms with van der Waals surface area (Å²) in [6.45, 7) is 2.26. The van der Waals surface area contributed by atoms with E-state index in [4.69, 9.17) is 19.9 Å². The van der Waals surface area contributed by atoms with Crippen molar-refractivity contribution >= 4 is 28.0 Å². The molecule has 0 spiro atoms. The average Bonchev–Trinajstić information content (AvgIpc) is 2.68. The molecule has 0 aromatic rings. The number of rotatable bonds is 19. The summed E-state index contributed by atoms with van der Waals surface area (Å²) in [7, 11) is -4.84. The normalized spacial score (nSPS) is 10.8. The molecule has 1 unspecified atom stereocenters. The Bertz CT molecular complexity index is 660. The van der Waals surface area contributed by atoms with Crippen LogP contribution in [0.3, 0.4) is 0 Å². The van der Waals surface area contributed by atoms with Crippen molar-refractivity contribution in [2.75, 3.05) is 0 Å². The minimum atomic E-state index is -4.84. The van der Waals surface area contributed by atoms with Gasteiger partial charge in [0.2, 0.25) is 0 Å². The van der Waals surface area contributed by atoms with Crippen LogP contribution in [0.4, 0.5) is 0 Å². The van der Waals surface area contributed by atoms with Crippen molar-refractivity contribution in [3.05, 3.63) is 12.2 Å². The van der Waals surface area contributed by atoms with Crippen molar-refractivity contribution in [1.82, 2.24) is 0 Å². The Kier molecular flexibility index (Phi) is 49.6. The van der Waals surface area contributed by atoms with Crippen LogP contribution in [0.2, 0.25) is 0 Å². The van der Waals surface area contributed by atoms with Gasteiger partial charge in [0, 0.05) is 6.42 Å². The fourth-order valence-corrected chi connectivity index (χ4v) is 3.43. The molecule has 14 heteroatoms. The third-order valence-electron chi connectivity index (χ3n) is 4.65. The molecule has 0 aliphatic heterocycles. The zero-order valence-electron chi connectivity index (χ0n) is 23.1. The Hall–Kier alpha value is 2.06. The molecular weight excluding hydrogens is 532 g/mol. The van der Waals surface area contributed by atoms with Crippen LogP contribution >= 0.6 is 0 Å². The molecule has 0 aliphatic rings. The number of aliphatic carboxylic acids is 3. The predicted molar refractivity (Wildman–Crippen MR) is 122 cm³/mol. The molecule has 0 amide bonds. The van der Waals surface area contributed by atoms with Crippen LogP contribution in [0.5, 0.6) is 0 Å². The predicted octanol–water partition coefficient (Wildman–Crippen LogP) is -7.07. The van der Waals surface area contributed by atoms with E-state index in [1.54, 1.807) is 0 Å². The van der Waals surface area contributed by atoms with Gasteiger partial charge < -0.3 is 15.3 Å². The quantitative estimate of drug-likeness (QED) is 0.0509. The fourth-order valence-electron chi connectivity index (χ4n) is 2.83.